The molecule has 19 heavy (non-hydrogen) atoms. The van der Waals surface area contributed by atoms with Crippen molar-refractivity contribution < 1.29 is 14.7 Å². The third-order valence-corrected chi connectivity index (χ3v) is 2.73. The van der Waals surface area contributed by atoms with E-state index in [0.29, 0.717) is 19.4 Å². The lowest BCUT2D eigenvalue weighted by atomic mass is 10.1. The van der Waals surface area contributed by atoms with Gasteiger partial charge in [0.2, 0.25) is 5.91 Å². The van der Waals surface area contributed by atoms with E-state index in [2.05, 4.69) is 10.6 Å². The number of carbonyl (C=O) groups excluding carboxylic acids is 1. The molecule has 0 spiro atoms. The van der Waals surface area contributed by atoms with Crippen LogP contribution in [0.4, 0.5) is 0 Å². The SMILES string of the molecule is CCNCC(=O)NC(CCc1ccccc1)C(=O)O. The van der Waals surface area contributed by atoms with Crippen molar-refractivity contribution in [2.45, 2.75) is 25.8 Å². The summed E-state index contributed by atoms with van der Waals surface area (Å²) in [6, 6.07) is 8.78. The third-order valence-electron chi connectivity index (χ3n) is 2.73. The monoisotopic (exact) mass is 264 g/mol. The fourth-order valence-corrected chi connectivity index (χ4v) is 1.70. The van der Waals surface area contributed by atoms with E-state index >= 15 is 0 Å². The Bertz CT molecular complexity index is 406. The molecule has 0 aliphatic carbocycles. The lowest BCUT2D eigenvalue weighted by Gasteiger charge is -2.14. The van der Waals surface area contributed by atoms with Crippen LogP contribution in [0.2, 0.25) is 0 Å². The lowest BCUT2D eigenvalue weighted by Crippen LogP contribution is -2.44. The molecule has 3 N–H and O–H groups in total. The van der Waals surface area contributed by atoms with Gasteiger partial charge in [-0.2, -0.15) is 0 Å². The molecule has 0 saturated carbocycles. The number of amides is 1. The summed E-state index contributed by atoms with van der Waals surface area (Å²) in [6.07, 6.45) is 1.01. The van der Waals surface area contributed by atoms with Gasteiger partial charge in [-0.1, -0.05) is 37.3 Å². The molecule has 1 rings (SSSR count). The Morgan fingerprint density at radius 3 is 2.53 bits per heavy atom. The number of carboxylic acid groups (broad SMARTS) is 1. The third kappa shape index (κ3) is 6.01. The summed E-state index contributed by atoms with van der Waals surface area (Å²) in [4.78, 5) is 22.6. The molecule has 5 nitrogen and oxygen atoms in total. The Morgan fingerprint density at radius 2 is 1.95 bits per heavy atom. The fourth-order valence-electron chi connectivity index (χ4n) is 1.70. The number of carbonyl (C=O) groups is 2. The first-order valence-electron chi connectivity index (χ1n) is 6.40. The number of hydrogen-bond acceptors (Lipinski definition) is 3. The van der Waals surface area contributed by atoms with Gasteiger partial charge >= 0.3 is 5.97 Å². The van der Waals surface area contributed by atoms with E-state index in [9.17, 15) is 9.59 Å². The highest BCUT2D eigenvalue weighted by Gasteiger charge is 2.19. The Kier molecular flexibility index (Phi) is 6.60. The molecule has 1 amide bonds. The highest BCUT2D eigenvalue weighted by molar-refractivity contribution is 5.84. The van der Waals surface area contributed by atoms with Crippen LogP contribution < -0.4 is 10.6 Å². The van der Waals surface area contributed by atoms with E-state index in [0.717, 1.165) is 5.56 Å². The summed E-state index contributed by atoms with van der Waals surface area (Å²) in [6.45, 7) is 2.71. The molecule has 0 heterocycles. The van der Waals surface area contributed by atoms with Crippen LogP contribution in [-0.2, 0) is 16.0 Å². The second-order valence-corrected chi connectivity index (χ2v) is 4.26. The molecule has 0 bridgehead atoms. The van der Waals surface area contributed by atoms with Gasteiger partial charge in [0.15, 0.2) is 0 Å². The number of likely N-dealkylation sites (N-methyl/N-ethyl adjacent to an activating group) is 1. The lowest BCUT2D eigenvalue weighted by molar-refractivity contribution is -0.141. The molecule has 0 fully saturated rings. The zero-order valence-electron chi connectivity index (χ0n) is 11.1. The van der Waals surface area contributed by atoms with Crippen molar-refractivity contribution in [2.75, 3.05) is 13.1 Å². The zero-order valence-corrected chi connectivity index (χ0v) is 11.1. The van der Waals surface area contributed by atoms with E-state index in [4.69, 9.17) is 5.11 Å². The zero-order chi connectivity index (χ0) is 14.1. The van der Waals surface area contributed by atoms with Crippen molar-refractivity contribution in [1.82, 2.24) is 10.6 Å². The van der Waals surface area contributed by atoms with Crippen molar-refractivity contribution in [3.63, 3.8) is 0 Å². The van der Waals surface area contributed by atoms with Crippen LogP contribution in [0.3, 0.4) is 0 Å². The molecule has 0 aliphatic heterocycles. The van der Waals surface area contributed by atoms with Gasteiger partial charge in [0.05, 0.1) is 6.54 Å². The van der Waals surface area contributed by atoms with Crippen molar-refractivity contribution >= 4 is 11.9 Å². The summed E-state index contributed by atoms with van der Waals surface area (Å²) >= 11 is 0. The van der Waals surface area contributed by atoms with Gasteiger partial charge in [0.25, 0.3) is 0 Å². The van der Waals surface area contributed by atoms with Crippen molar-refractivity contribution in [2.24, 2.45) is 0 Å². The van der Waals surface area contributed by atoms with Crippen LogP contribution in [0, 0.1) is 0 Å². The number of rotatable bonds is 8. The average Bonchev–Trinajstić information content (AvgIpc) is 2.42. The largest absolute Gasteiger partial charge is 0.480 e. The number of hydrogen-bond donors (Lipinski definition) is 3. The van der Waals surface area contributed by atoms with Gasteiger partial charge in [0.1, 0.15) is 6.04 Å². The van der Waals surface area contributed by atoms with Gasteiger partial charge in [0, 0.05) is 0 Å². The minimum absolute atomic E-state index is 0.144. The van der Waals surface area contributed by atoms with Crippen LogP contribution >= 0.6 is 0 Å². The van der Waals surface area contributed by atoms with Crippen LogP contribution in [0.1, 0.15) is 18.9 Å². The summed E-state index contributed by atoms with van der Waals surface area (Å²) < 4.78 is 0. The second kappa shape index (κ2) is 8.26. The van der Waals surface area contributed by atoms with Crippen LogP contribution in [0.15, 0.2) is 30.3 Å². The standard InChI is InChI=1S/C14H20N2O3/c1-2-15-10-13(17)16-12(14(18)19)9-8-11-6-4-3-5-7-11/h3-7,12,15H,2,8-10H2,1H3,(H,16,17)(H,18,19). The molecule has 104 valence electrons. The van der Waals surface area contributed by atoms with Gasteiger partial charge < -0.3 is 15.7 Å². The molecular formula is C14H20N2O3. The Hall–Kier alpha value is -1.88. The minimum atomic E-state index is -0.999. The normalized spacial score (nSPS) is 11.8. The Balaban J connectivity index is 2.45. The molecule has 0 radical (unpaired) electrons. The van der Waals surface area contributed by atoms with Gasteiger partial charge in [-0.25, -0.2) is 4.79 Å². The number of carboxylic acids is 1. The first-order valence-corrected chi connectivity index (χ1v) is 6.40. The summed E-state index contributed by atoms with van der Waals surface area (Å²) in [5, 5.41) is 14.5. The minimum Gasteiger partial charge on any atom is -0.480 e. The first kappa shape index (κ1) is 15.2. The first-order chi connectivity index (χ1) is 9.13. The number of benzene rings is 1. The molecular weight excluding hydrogens is 244 g/mol. The second-order valence-electron chi connectivity index (χ2n) is 4.26. The van der Waals surface area contributed by atoms with Crippen LogP contribution in [0.5, 0.6) is 0 Å². The van der Waals surface area contributed by atoms with E-state index in [1.807, 2.05) is 37.3 Å². The maximum absolute atomic E-state index is 11.5. The van der Waals surface area contributed by atoms with Gasteiger partial charge in [-0.3, -0.25) is 4.79 Å². The number of aliphatic carboxylic acids is 1. The van der Waals surface area contributed by atoms with E-state index < -0.39 is 12.0 Å². The summed E-state index contributed by atoms with van der Waals surface area (Å²) in [7, 11) is 0. The summed E-state index contributed by atoms with van der Waals surface area (Å²) in [5.74, 6) is -1.29. The quantitative estimate of drug-likeness (QED) is 0.649. The van der Waals surface area contributed by atoms with Crippen molar-refractivity contribution in [3.05, 3.63) is 35.9 Å². The predicted molar refractivity (Wildman–Crippen MR) is 72.9 cm³/mol. The predicted octanol–water partition coefficient (Wildman–Crippen LogP) is 0.798. The Labute approximate surface area is 113 Å². The van der Waals surface area contributed by atoms with Crippen LogP contribution in [-0.4, -0.2) is 36.1 Å². The van der Waals surface area contributed by atoms with Crippen LogP contribution in [0.25, 0.3) is 0 Å². The molecule has 1 aromatic rings. The van der Waals surface area contributed by atoms with Crippen molar-refractivity contribution in [1.29, 1.82) is 0 Å². The topological polar surface area (TPSA) is 78.4 Å². The maximum atomic E-state index is 11.5. The molecule has 1 aromatic carbocycles. The van der Waals surface area contributed by atoms with Crippen molar-refractivity contribution in [3.8, 4) is 0 Å². The van der Waals surface area contributed by atoms with E-state index in [1.165, 1.54) is 0 Å². The molecule has 0 saturated heterocycles. The smallest absolute Gasteiger partial charge is 0.326 e. The molecule has 0 aromatic heterocycles. The van der Waals surface area contributed by atoms with Gasteiger partial charge in [-0.15, -0.1) is 0 Å². The fraction of sp³-hybridized carbons (Fsp3) is 0.429. The molecule has 5 heteroatoms. The van der Waals surface area contributed by atoms with E-state index in [-0.39, 0.29) is 12.5 Å². The highest BCUT2D eigenvalue weighted by atomic mass is 16.4. The average molecular weight is 264 g/mol. The highest BCUT2D eigenvalue weighted by Crippen LogP contribution is 2.05. The maximum Gasteiger partial charge on any atom is 0.326 e. The number of nitrogens with one attached hydrogen (secondary N) is 2. The van der Waals surface area contributed by atoms with E-state index in [1.54, 1.807) is 0 Å². The molecule has 1 unspecified atom stereocenters. The number of aryl methyl sites for hydroxylation is 1. The molecule has 0 aliphatic rings. The Morgan fingerprint density at radius 1 is 1.26 bits per heavy atom. The molecule has 1 atom stereocenters. The summed E-state index contributed by atoms with van der Waals surface area (Å²) in [5.41, 5.74) is 1.06. The van der Waals surface area contributed by atoms with Gasteiger partial charge in [-0.05, 0) is 24.9 Å².